The van der Waals surface area contributed by atoms with Crippen molar-refractivity contribution in [2.75, 3.05) is 13.7 Å². The van der Waals surface area contributed by atoms with E-state index in [1.165, 1.54) is 7.11 Å². The minimum atomic E-state index is -1.53. The van der Waals surface area contributed by atoms with Gasteiger partial charge in [0.05, 0.1) is 24.2 Å². The SMILES string of the molecule is COc1ccc(COc2c(F)cc(C(=O)NCC3CCC(n4cc5ccc(Br)cc5n4)CC3)c(F)c2F)cc1. The van der Waals surface area contributed by atoms with E-state index < -0.39 is 34.7 Å². The molecule has 1 saturated carbocycles. The van der Waals surface area contributed by atoms with Gasteiger partial charge in [-0.2, -0.15) is 9.49 Å². The van der Waals surface area contributed by atoms with E-state index >= 15 is 0 Å². The second kappa shape index (κ2) is 11.7. The van der Waals surface area contributed by atoms with E-state index in [4.69, 9.17) is 14.6 Å². The van der Waals surface area contributed by atoms with Gasteiger partial charge in [0.1, 0.15) is 12.4 Å². The van der Waals surface area contributed by atoms with Crippen LogP contribution in [-0.4, -0.2) is 29.3 Å². The standard InChI is InChI=1S/C29H27BrF3N3O3/c1-38-22-10-4-18(5-11-22)16-39-28-24(31)13-23(26(32)27(28)33)29(37)34-14-17-2-8-21(9-3-17)36-15-19-6-7-20(30)12-25(19)35-36/h4-7,10-13,15,17,21H,2-3,8-9,14,16H2,1H3,(H,34,37). The van der Waals surface area contributed by atoms with Crippen LogP contribution in [0, 0.1) is 23.4 Å². The molecule has 0 atom stereocenters. The molecule has 6 nitrogen and oxygen atoms in total. The molecule has 0 bridgehead atoms. The summed E-state index contributed by atoms with van der Waals surface area (Å²) in [4.78, 5) is 12.6. The zero-order valence-electron chi connectivity index (χ0n) is 21.2. The van der Waals surface area contributed by atoms with E-state index in [0.29, 0.717) is 17.4 Å². The number of hydrogen-bond donors (Lipinski definition) is 1. The van der Waals surface area contributed by atoms with Gasteiger partial charge in [-0.15, -0.1) is 0 Å². The second-order valence-electron chi connectivity index (χ2n) is 9.70. The van der Waals surface area contributed by atoms with Crippen molar-refractivity contribution in [3.05, 3.63) is 87.8 Å². The van der Waals surface area contributed by atoms with Crippen molar-refractivity contribution in [3.63, 3.8) is 0 Å². The Balaban J connectivity index is 1.16. The van der Waals surface area contributed by atoms with Crippen molar-refractivity contribution in [3.8, 4) is 11.5 Å². The Morgan fingerprint density at radius 3 is 2.51 bits per heavy atom. The van der Waals surface area contributed by atoms with Gasteiger partial charge >= 0.3 is 0 Å². The van der Waals surface area contributed by atoms with Gasteiger partial charge in [-0.3, -0.25) is 9.48 Å². The van der Waals surface area contributed by atoms with Crippen molar-refractivity contribution in [1.82, 2.24) is 15.1 Å². The number of carbonyl (C=O) groups is 1. The molecule has 1 fully saturated rings. The number of fused-ring (bicyclic) bond motifs is 1. The number of nitrogens with one attached hydrogen (secondary N) is 1. The summed E-state index contributed by atoms with van der Waals surface area (Å²) in [5.74, 6) is -5.06. The van der Waals surface area contributed by atoms with Gasteiger partial charge in [-0.25, -0.2) is 8.78 Å². The Labute approximate surface area is 232 Å². The van der Waals surface area contributed by atoms with Gasteiger partial charge in [0, 0.05) is 22.6 Å². The summed E-state index contributed by atoms with van der Waals surface area (Å²) < 4.78 is 57.2. The molecular weight excluding hydrogens is 575 g/mol. The van der Waals surface area contributed by atoms with Crippen molar-refractivity contribution < 1.29 is 27.4 Å². The van der Waals surface area contributed by atoms with E-state index in [0.717, 1.165) is 41.1 Å². The molecule has 204 valence electrons. The number of ether oxygens (including phenoxy) is 2. The maximum atomic E-state index is 14.7. The molecule has 1 amide bonds. The molecule has 0 aliphatic heterocycles. The Kier molecular flexibility index (Phi) is 8.11. The number of aromatic nitrogens is 2. The highest BCUT2D eigenvalue weighted by Gasteiger charge is 2.27. The molecule has 10 heteroatoms. The number of benzene rings is 3. The van der Waals surface area contributed by atoms with Crippen LogP contribution in [0.25, 0.3) is 10.9 Å². The third-order valence-corrected chi connectivity index (χ3v) is 7.63. The van der Waals surface area contributed by atoms with Crippen molar-refractivity contribution >= 4 is 32.7 Å². The molecule has 3 aromatic carbocycles. The van der Waals surface area contributed by atoms with Crippen LogP contribution in [0.3, 0.4) is 0 Å². The van der Waals surface area contributed by atoms with Gasteiger partial charge in [0.25, 0.3) is 5.91 Å². The van der Waals surface area contributed by atoms with Crippen molar-refractivity contribution in [2.45, 2.75) is 38.3 Å². The molecule has 1 aliphatic rings. The largest absolute Gasteiger partial charge is 0.497 e. The lowest BCUT2D eigenvalue weighted by atomic mass is 9.86. The summed E-state index contributed by atoms with van der Waals surface area (Å²) in [5, 5.41) is 8.41. The Morgan fingerprint density at radius 2 is 1.79 bits per heavy atom. The first-order valence-corrected chi connectivity index (χ1v) is 13.5. The van der Waals surface area contributed by atoms with Crippen molar-refractivity contribution in [1.29, 1.82) is 0 Å². The fourth-order valence-electron chi connectivity index (χ4n) is 4.89. The highest BCUT2D eigenvalue weighted by molar-refractivity contribution is 9.10. The molecule has 0 unspecified atom stereocenters. The third kappa shape index (κ3) is 6.06. The molecule has 0 radical (unpaired) electrons. The maximum absolute atomic E-state index is 14.7. The Hall–Kier alpha value is -3.53. The highest BCUT2D eigenvalue weighted by atomic mass is 79.9. The molecule has 39 heavy (non-hydrogen) atoms. The summed E-state index contributed by atoms with van der Waals surface area (Å²) in [5.41, 5.74) is 0.850. The second-order valence-corrected chi connectivity index (χ2v) is 10.6. The lowest BCUT2D eigenvalue weighted by Crippen LogP contribution is -2.32. The molecule has 1 N–H and O–H groups in total. The van der Waals surface area contributed by atoms with E-state index in [9.17, 15) is 18.0 Å². The maximum Gasteiger partial charge on any atom is 0.254 e. The van der Waals surface area contributed by atoms with Gasteiger partial charge < -0.3 is 14.8 Å². The lowest BCUT2D eigenvalue weighted by molar-refractivity contribution is 0.0935. The number of halogens is 4. The molecule has 1 aliphatic carbocycles. The van der Waals surface area contributed by atoms with Crippen LogP contribution >= 0.6 is 15.9 Å². The van der Waals surface area contributed by atoms with E-state index in [1.54, 1.807) is 24.3 Å². The number of carbonyl (C=O) groups excluding carboxylic acids is 1. The van der Waals surface area contributed by atoms with Gasteiger partial charge in [0.2, 0.25) is 5.82 Å². The van der Waals surface area contributed by atoms with Gasteiger partial charge in [-0.1, -0.05) is 34.1 Å². The van der Waals surface area contributed by atoms with Crippen LogP contribution in [0.5, 0.6) is 11.5 Å². The Bertz CT molecular complexity index is 1480. The summed E-state index contributed by atoms with van der Waals surface area (Å²) in [6.07, 6.45) is 5.49. The first-order valence-electron chi connectivity index (χ1n) is 12.7. The third-order valence-electron chi connectivity index (χ3n) is 7.13. The fraction of sp³-hybridized carbons (Fsp3) is 0.310. The zero-order chi connectivity index (χ0) is 27.5. The first kappa shape index (κ1) is 27.1. The summed E-state index contributed by atoms with van der Waals surface area (Å²) in [7, 11) is 1.52. The normalized spacial score (nSPS) is 17.3. The van der Waals surface area contributed by atoms with Crippen LogP contribution < -0.4 is 14.8 Å². The van der Waals surface area contributed by atoms with Crippen LogP contribution in [0.4, 0.5) is 13.2 Å². The summed E-state index contributed by atoms with van der Waals surface area (Å²) >= 11 is 3.47. The molecule has 5 rings (SSSR count). The van der Waals surface area contributed by atoms with Gasteiger partial charge in [-0.05, 0) is 67.5 Å². The van der Waals surface area contributed by atoms with Crippen LogP contribution in [0.2, 0.25) is 0 Å². The molecule has 4 aromatic rings. The molecule has 1 aromatic heterocycles. The zero-order valence-corrected chi connectivity index (χ0v) is 22.8. The number of rotatable bonds is 8. The fourth-order valence-corrected chi connectivity index (χ4v) is 5.24. The minimum Gasteiger partial charge on any atom is -0.497 e. The number of amides is 1. The predicted octanol–water partition coefficient (Wildman–Crippen LogP) is 6.97. The first-order chi connectivity index (χ1) is 18.8. The minimum absolute atomic E-state index is 0.175. The van der Waals surface area contributed by atoms with E-state index in [2.05, 4.69) is 21.2 Å². The topological polar surface area (TPSA) is 65.4 Å². The molecule has 1 heterocycles. The van der Waals surface area contributed by atoms with Crippen LogP contribution in [-0.2, 0) is 6.61 Å². The summed E-state index contributed by atoms with van der Waals surface area (Å²) in [6.45, 7) is 0.107. The number of methoxy groups -OCH3 is 1. The Morgan fingerprint density at radius 1 is 1.05 bits per heavy atom. The molecular formula is C29H27BrF3N3O3. The quantitative estimate of drug-likeness (QED) is 0.222. The number of hydrogen-bond acceptors (Lipinski definition) is 4. The van der Waals surface area contributed by atoms with Crippen molar-refractivity contribution in [2.24, 2.45) is 5.92 Å². The van der Waals surface area contributed by atoms with Crippen LogP contribution in [0.15, 0.2) is 59.2 Å². The lowest BCUT2D eigenvalue weighted by Gasteiger charge is -2.28. The number of nitrogens with zero attached hydrogens (tertiary/aromatic N) is 2. The predicted molar refractivity (Wildman–Crippen MR) is 144 cm³/mol. The van der Waals surface area contributed by atoms with E-state index in [1.807, 2.05) is 29.1 Å². The smallest absolute Gasteiger partial charge is 0.254 e. The highest BCUT2D eigenvalue weighted by Crippen LogP contribution is 2.33. The average Bonchev–Trinajstić information content (AvgIpc) is 3.37. The summed E-state index contributed by atoms with van der Waals surface area (Å²) in [6, 6.07) is 13.6. The van der Waals surface area contributed by atoms with E-state index in [-0.39, 0.29) is 25.1 Å². The van der Waals surface area contributed by atoms with Gasteiger partial charge in [0.15, 0.2) is 17.4 Å². The van der Waals surface area contributed by atoms with Crippen LogP contribution in [0.1, 0.15) is 47.6 Å². The monoisotopic (exact) mass is 601 g/mol. The average molecular weight is 602 g/mol. The molecule has 0 saturated heterocycles. The molecule has 0 spiro atoms.